The van der Waals surface area contributed by atoms with E-state index in [1.165, 1.54) is 57.0 Å². The largest absolute Gasteiger partial charge is 0.339 e. The summed E-state index contributed by atoms with van der Waals surface area (Å²) in [6.07, 6.45) is 11.3. The van der Waals surface area contributed by atoms with Crippen LogP contribution in [0.4, 0.5) is 17.1 Å². The first kappa shape index (κ1) is 39.7. The van der Waals surface area contributed by atoms with Gasteiger partial charge in [0.2, 0.25) is 0 Å². The van der Waals surface area contributed by atoms with Gasteiger partial charge in [0, 0.05) is 51.5 Å². The molecule has 9 rings (SSSR count). The molecule has 0 N–H and O–H groups in total. The van der Waals surface area contributed by atoms with Crippen LogP contribution in [-0.4, -0.2) is 18.8 Å². The van der Waals surface area contributed by atoms with Crippen LogP contribution >= 0.6 is 0 Å². The second-order valence-electron chi connectivity index (χ2n) is 21.4. The third-order valence-electron chi connectivity index (χ3n) is 15.2. The number of allylic oxidation sites excluding steroid dienone is 2. The van der Waals surface area contributed by atoms with Gasteiger partial charge in [0.15, 0.2) is 6.71 Å². The van der Waals surface area contributed by atoms with Gasteiger partial charge in [-0.25, -0.2) is 0 Å². The molecule has 0 saturated carbocycles. The lowest BCUT2D eigenvalue weighted by atomic mass is 9.23. The van der Waals surface area contributed by atoms with E-state index >= 15 is 0 Å². The van der Waals surface area contributed by atoms with E-state index in [2.05, 4.69) is 225 Å². The molecule has 302 valence electrons. The summed E-state index contributed by atoms with van der Waals surface area (Å²) in [7, 11) is 0. The van der Waals surface area contributed by atoms with Crippen LogP contribution in [0.5, 0.6) is 0 Å². The molecule has 0 bridgehead atoms. The maximum Gasteiger partial charge on any atom is 0.196 e. The fourth-order valence-electron chi connectivity index (χ4n) is 11.4. The molecule has 0 amide bonds. The van der Waals surface area contributed by atoms with E-state index in [0.717, 1.165) is 12.8 Å². The molecule has 1 fully saturated rings. The number of hydrogen-bond acceptors (Lipinski definition) is 2. The molecular formula is C56H65BN2. The second-order valence-corrected chi connectivity index (χ2v) is 21.4. The van der Waals surface area contributed by atoms with Gasteiger partial charge in [0.05, 0.1) is 0 Å². The fourth-order valence-corrected chi connectivity index (χ4v) is 11.4. The average molecular weight is 777 g/mol. The Morgan fingerprint density at radius 3 is 1.58 bits per heavy atom. The van der Waals surface area contributed by atoms with Crippen molar-refractivity contribution in [3.05, 3.63) is 179 Å². The van der Waals surface area contributed by atoms with Crippen LogP contribution in [0.25, 0.3) is 0 Å². The first-order valence-electron chi connectivity index (χ1n) is 22.5. The fraction of sp³-hybridized carbons (Fsp3) is 0.393. The van der Waals surface area contributed by atoms with Gasteiger partial charge in [0.25, 0.3) is 0 Å². The Labute approximate surface area is 356 Å². The van der Waals surface area contributed by atoms with Crippen molar-refractivity contribution < 1.29 is 0 Å². The summed E-state index contributed by atoms with van der Waals surface area (Å²) in [6.45, 7) is 24.3. The summed E-state index contributed by atoms with van der Waals surface area (Å²) in [5.74, 6) is 1.39. The molecule has 5 aromatic rings. The highest BCUT2D eigenvalue weighted by Crippen LogP contribution is 2.58. The van der Waals surface area contributed by atoms with E-state index in [4.69, 9.17) is 0 Å². The van der Waals surface area contributed by atoms with Gasteiger partial charge in [-0.3, -0.25) is 0 Å². The summed E-state index contributed by atoms with van der Waals surface area (Å²) in [4.78, 5) is 5.58. The van der Waals surface area contributed by atoms with Crippen LogP contribution in [0.15, 0.2) is 151 Å². The van der Waals surface area contributed by atoms with Crippen LogP contribution in [0.2, 0.25) is 11.6 Å². The Kier molecular flexibility index (Phi) is 9.73. The number of hydrogen-bond donors (Lipinski definition) is 0. The lowest BCUT2D eigenvalue weighted by molar-refractivity contribution is 0.258. The Hall–Kier alpha value is -4.76. The average Bonchev–Trinajstić information content (AvgIpc) is 3.23. The molecule has 4 aliphatic rings. The zero-order valence-corrected chi connectivity index (χ0v) is 37.3. The first-order chi connectivity index (χ1) is 28.0. The summed E-state index contributed by atoms with van der Waals surface area (Å²) in [5, 5.41) is 0. The van der Waals surface area contributed by atoms with Crippen molar-refractivity contribution in [2.75, 3.05) is 9.80 Å². The van der Waals surface area contributed by atoms with Crippen LogP contribution in [-0.2, 0) is 16.2 Å². The molecule has 59 heavy (non-hydrogen) atoms. The Balaban J connectivity index is 1.19. The lowest BCUT2D eigenvalue weighted by Gasteiger charge is -2.60. The van der Waals surface area contributed by atoms with Crippen molar-refractivity contribution in [3.63, 3.8) is 0 Å². The Morgan fingerprint density at radius 1 is 0.542 bits per heavy atom. The molecule has 2 nitrogen and oxygen atoms in total. The summed E-state index contributed by atoms with van der Waals surface area (Å²) >= 11 is 0. The number of nitrogens with zero attached hydrogens (tertiary/aromatic N) is 2. The van der Waals surface area contributed by atoms with Crippen molar-refractivity contribution >= 4 is 29.2 Å². The lowest BCUT2D eigenvalue weighted by Crippen LogP contribution is -2.65. The highest BCUT2D eigenvalue weighted by atomic mass is 15.2. The quantitative estimate of drug-likeness (QED) is 0.125. The molecule has 0 radical (unpaired) electrons. The van der Waals surface area contributed by atoms with Gasteiger partial charge in [-0.15, -0.1) is 0 Å². The zero-order valence-electron chi connectivity index (χ0n) is 37.3. The van der Waals surface area contributed by atoms with Crippen LogP contribution in [0.1, 0.15) is 116 Å². The summed E-state index contributed by atoms with van der Waals surface area (Å²) in [5.41, 5.74) is 14.1. The molecule has 1 saturated heterocycles. The van der Waals surface area contributed by atoms with Crippen LogP contribution < -0.4 is 15.3 Å². The first-order valence-corrected chi connectivity index (χ1v) is 22.5. The van der Waals surface area contributed by atoms with E-state index in [1.54, 1.807) is 5.46 Å². The van der Waals surface area contributed by atoms with Gasteiger partial charge < -0.3 is 9.80 Å². The molecule has 5 atom stereocenters. The monoisotopic (exact) mass is 777 g/mol. The van der Waals surface area contributed by atoms with Crippen molar-refractivity contribution in [1.29, 1.82) is 0 Å². The molecule has 5 unspecified atom stereocenters. The van der Waals surface area contributed by atoms with Gasteiger partial charge in [0.1, 0.15) is 0 Å². The topological polar surface area (TPSA) is 6.48 Å². The predicted molar refractivity (Wildman–Crippen MR) is 254 cm³/mol. The SMILES string of the molecule is CC(C)(C)c1ccc2c(c1)B1C3CC(C(C)(C)C)C=CC3N(c3ccc(C(C)(C)c4ccccc4)cc3)C3=CCCC(C13)N2c1ccc(C(C)(C)c2ccccc2)cc1. The molecule has 0 aromatic heterocycles. The highest BCUT2D eigenvalue weighted by Gasteiger charge is 2.57. The highest BCUT2D eigenvalue weighted by molar-refractivity contribution is 6.79. The minimum Gasteiger partial charge on any atom is -0.339 e. The molecular weight excluding hydrogens is 711 g/mol. The normalized spacial score (nSPS) is 23.0. The Bertz CT molecular complexity index is 2360. The minimum atomic E-state index is -0.0874. The van der Waals surface area contributed by atoms with Crippen LogP contribution in [0.3, 0.4) is 0 Å². The summed E-state index contributed by atoms with van der Waals surface area (Å²) in [6, 6.07) is 49.5. The predicted octanol–water partition coefficient (Wildman–Crippen LogP) is 13.8. The van der Waals surface area contributed by atoms with Crippen molar-refractivity contribution in [3.8, 4) is 0 Å². The summed E-state index contributed by atoms with van der Waals surface area (Å²) < 4.78 is 0. The number of anilines is 3. The van der Waals surface area contributed by atoms with Gasteiger partial charge in [-0.05, 0) is 100.0 Å². The van der Waals surface area contributed by atoms with E-state index in [1.807, 2.05) is 0 Å². The standard InChI is InChI=1S/C56H65BN2/c1-53(2,3)42-28-34-48-46(36-42)57-47-37-43(54(4,5)6)29-35-49(47)59(45-32-26-41(27-33-45)56(9,10)39-20-15-12-16-21-39)51-23-17-22-50(52(51)57)58(48)44-30-24-40(25-31-44)55(7,8)38-18-13-11-14-19-38/h11-16,18-22,24-35,37,42,46,48,51-52H,17,23,36H2,1-10H3. The van der Waals surface area contributed by atoms with Crippen LogP contribution in [0, 0.1) is 11.3 Å². The van der Waals surface area contributed by atoms with Gasteiger partial charge in [-0.1, -0.05) is 190 Å². The number of fused-ring (bicyclic) bond motifs is 4. The van der Waals surface area contributed by atoms with Crippen molar-refractivity contribution in [2.24, 2.45) is 11.3 Å². The van der Waals surface area contributed by atoms with Crippen molar-refractivity contribution in [2.45, 2.75) is 128 Å². The molecule has 0 spiro atoms. The third kappa shape index (κ3) is 6.81. The molecule has 3 heteroatoms. The molecule has 2 heterocycles. The van der Waals surface area contributed by atoms with E-state index < -0.39 is 0 Å². The van der Waals surface area contributed by atoms with Gasteiger partial charge in [-0.2, -0.15) is 0 Å². The Morgan fingerprint density at radius 2 is 1.05 bits per heavy atom. The molecule has 2 aliphatic carbocycles. The minimum absolute atomic E-state index is 0.0579. The third-order valence-corrected chi connectivity index (χ3v) is 15.2. The second kappa shape index (κ2) is 14.5. The number of benzene rings is 5. The van der Waals surface area contributed by atoms with E-state index in [-0.39, 0.29) is 21.7 Å². The zero-order chi connectivity index (χ0) is 41.5. The van der Waals surface area contributed by atoms with Crippen molar-refractivity contribution in [1.82, 2.24) is 0 Å². The number of rotatable bonds is 6. The maximum absolute atomic E-state index is 2.80. The smallest absolute Gasteiger partial charge is 0.196 e. The molecule has 5 aromatic carbocycles. The molecule has 2 aliphatic heterocycles. The maximum atomic E-state index is 2.80. The van der Waals surface area contributed by atoms with E-state index in [0.29, 0.717) is 36.3 Å². The van der Waals surface area contributed by atoms with Gasteiger partial charge >= 0.3 is 0 Å². The van der Waals surface area contributed by atoms with E-state index in [9.17, 15) is 0 Å².